The predicted octanol–water partition coefficient (Wildman–Crippen LogP) is 0.337. The first-order valence-corrected chi connectivity index (χ1v) is 5.73. The lowest BCUT2D eigenvalue weighted by Gasteiger charge is -2.07. The number of nitrogens with one attached hydrogen (secondary N) is 1. The van der Waals surface area contributed by atoms with Gasteiger partial charge in [0.15, 0.2) is 0 Å². The highest BCUT2D eigenvalue weighted by atomic mass is 35.5. The Balaban J connectivity index is 2.36. The lowest BCUT2D eigenvalue weighted by Crippen LogP contribution is -2.28. The average molecular weight is 280 g/mol. The van der Waals surface area contributed by atoms with Crippen molar-refractivity contribution in [1.82, 2.24) is 9.55 Å². The second-order valence-corrected chi connectivity index (χ2v) is 4.32. The summed E-state index contributed by atoms with van der Waals surface area (Å²) in [7, 11) is 0. The van der Waals surface area contributed by atoms with Crippen molar-refractivity contribution in [3.05, 3.63) is 67.4 Å². The quantitative estimate of drug-likeness (QED) is 0.847. The average Bonchev–Trinajstić information content (AvgIpc) is 2.34. The number of halogens is 1. The SMILES string of the molecule is NC(=O)c1ccc(Cn2ccc(=O)[nH]c2=O)c(Cl)c1. The molecule has 0 bridgehead atoms. The van der Waals surface area contributed by atoms with Crippen LogP contribution in [-0.4, -0.2) is 15.5 Å². The third kappa shape index (κ3) is 2.92. The summed E-state index contributed by atoms with van der Waals surface area (Å²) in [6.45, 7) is 0.188. The number of carbonyl (C=O) groups is 1. The van der Waals surface area contributed by atoms with E-state index in [0.717, 1.165) is 0 Å². The third-order valence-corrected chi connectivity index (χ3v) is 2.93. The molecule has 0 saturated heterocycles. The topological polar surface area (TPSA) is 97.9 Å². The molecule has 98 valence electrons. The number of nitrogens with two attached hydrogens (primary N) is 1. The Kier molecular flexibility index (Phi) is 3.52. The van der Waals surface area contributed by atoms with Crippen molar-refractivity contribution < 1.29 is 4.79 Å². The fourth-order valence-electron chi connectivity index (χ4n) is 1.58. The molecule has 1 aromatic heterocycles. The zero-order valence-corrected chi connectivity index (χ0v) is 10.5. The minimum absolute atomic E-state index is 0.188. The van der Waals surface area contributed by atoms with E-state index in [1.54, 1.807) is 6.07 Å². The molecule has 0 aliphatic carbocycles. The van der Waals surface area contributed by atoms with E-state index in [2.05, 4.69) is 4.98 Å². The Hall–Kier alpha value is -2.34. The van der Waals surface area contributed by atoms with E-state index in [1.807, 2.05) is 0 Å². The number of carbonyl (C=O) groups excluding carboxylic acids is 1. The maximum atomic E-state index is 11.5. The maximum absolute atomic E-state index is 11.5. The fourth-order valence-corrected chi connectivity index (χ4v) is 1.82. The summed E-state index contributed by atoms with van der Waals surface area (Å²) < 4.78 is 1.30. The van der Waals surface area contributed by atoms with E-state index in [9.17, 15) is 14.4 Å². The summed E-state index contributed by atoms with van der Waals surface area (Å²) in [5, 5.41) is 0.328. The smallest absolute Gasteiger partial charge is 0.328 e. The number of aromatic amines is 1. The number of aromatic nitrogens is 2. The van der Waals surface area contributed by atoms with Crippen LogP contribution in [-0.2, 0) is 6.54 Å². The van der Waals surface area contributed by atoms with Gasteiger partial charge in [0.2, 0.25) is 5.91 Å². The first-order chi connectivity index (χ1) is 8.97. The molecule has 0 aliphatic heterocycles. The fraction of sp³-hybridized carbons (Fsp3) is 0.0833. The largest absolute Gasteiger partial charge is 0.366 e. The minimum Gasteiger partial charge on any atom is -0.366 e. The first-order valence-electron chi connectivity index (χ1n) is 5.35. The lowest BCUT2D eigenvalue weighted by atomic mass is 10.1. The molecule has 0 spiro atoms. The van der Waals surface area contributed by atoms with Crippen LogP contribution in [0.2, 0.25) is 5.02 Å². The number of amides is 1. The van der Waals surface area contributed by atoms with Gasteiger partial charge in [-0.2, -0.15) is 0 Å². The van der Waals surface area contributed by atoms with Gasteiger partial charge in [-0.05, 0) is 17.7 Å². The molecule has 0 atom stereocenters. The summed E-state index contributed by atoms with van der Waals surface area (Å²) in [5.74, 6) is -0.574. The molecular formula is C12H10ClN3O3. The Morgan fingerprint density at radius 1 is 1.32 bits per heavy atom. The van der Waals surface area contributed by atoms with Gasteiger partial charge in [-0.1, -0.05) is 17.7 Å². The minimum atomic E-state index is -0.574. The van der Waals surface area contributed by atoms with Gasteiger partial charge in [0.05, 0.1) is 6.54 Å². The predicted molar refractivity (Wildman–Crippen MR) is 70.4 cm³/mol. The summed E-state index contributed by atoms with van der Waals surface area (Å²) >= 11 is 6.01. The van der Waals surface area contributed by atoms with Gasteiger partial charge in [0, 0.05) is 22.8 Å². The van der Waals surface area contributed by atoms with Crippen LogP contribution < -0.4 is 17.0 Å². The molecule has 1 amide bonds. The Morgan fingerprint density at radius 3 is 2.63 bits per heavy atom. The Morgan fingerprint density at radius 2 is 2.05 bits per heavy atom. The molecule has 0 unspecified atom stereocenters. The highest BCUT2D eigenvalue weighted by Gasteiger charge is 2.07. The number of nitrogens with zero attached hydrogens (tertiary/aromatic N) is 1. The molecule has 6 nitrogen and oxygen atoms in total. The van der Waals surface area contributed by atoms with Gasteiger partial charge in [-0.15, -0.1) is 0 Å². The Labute approximate surface area is 112 Å². The number of rotatable bonds is 3. The molecule has 19 heavy (non-hydrogen) atoms. The van der Waals surface area contributed by atoms with Crippen LogP contribution in [0.5, 0.6) is 0 Å². The van der Waals surface area contributed by atoms with Gasteiger partial charge < -0.3 is 5.73 Å². The molecule has 1 heterocycles. The van der Waals surface area contributed by atoms with Gasteiger partial charge in [0.1, 0.15) is 0 Å². The van der Waals surface area contributed by atoms with E-state index in [0.29, 0.717) is 16.1 Å². The monoisotopic (exact) mass is 279 g/mol. The molecule has 0 radical (unpaired) electrons. The first kappa shape index (κ1) is 13.1. The van der Waals surface area contributed by atoms with Crippen LogP contribution in [0.3, 0.4) is 0 Å². The molecule has 0 saturated carbocycles. The van der Waals surface area contributed by atoms with Gasteiger partial charge in [-0.3, -0.25) is 19.1 Å². The van der Waals surface area contributed by atoms with Gasteiger partial charge in [-0.25, -0.2) is 4.79 Å². The van der Waals surface area contributed by atoms with Crippen molar-refractivity contribution in [2.24, 2.45) is 5.73 Å². The second kappa shape index (κ2) is 5.11. The van der Waals surface area contributed by atoms with E-state index in [4.69, 9.17) is 17.3 Å². The normalized spacial score (nSPS) is 10.4. The number of hydrogen-bond donors (Lipinski definition) is 2. The van der Waals surface area contributed by atoms with Crippen molar-refractivity contribution in [2.45, 2.75) is 6.54 Å². The molecular weight excluding hydrogens is 270 g/mol. The van der Waals surface area contributed by atoms with Crippen LogP contribution in [0.1, 0.15) is 15.9 Å². The third-order valence-electron chi connectivity index (χ3n) is 2.58. The summed E-state index contributed by atoms with van der Waals surface area (Å²) in [6.07, 6.45) is 1.37. The summed E-state index contributed by atoms with van der Waals surface area (Å²) in [4.78, 5) is 35.6. The van der Waals surface area contributed by atoms with Crippen LogP contribution in [0.15, 0.2) is 40.1 Å². The maximum Gasteiger partial charge on any atom is 0.328 e. The molecule has 3 N–H and O–H groups in total. The van der Waals surface area contributed by atoms with E-state index in [-0.39, 0.29) is 6.54 Å². The van der Waals surface area contributed by atoms with Gasteiger partial charge >= 0.3 is 5.69 Å². The number of hydrogen-bond acceptors (Lipinski definition) is 3. The highest BCUT2D eigenvalue weighted by molar-refractivity contribution is 6.31. The standard InChI is InChI=1S/C12H10ClN3O3/c13-9-5-7(11(14)18)1-2-8(9)6-16-4-3-10(17)15-12(16)19/h1-5H,6H2,(H2,14,18)(H,15,17,19). The van der Waals surface area contributed by atoms with Crippen molar-refractivity contribution in [3.63, 3.8) is 0 Å². The summed E-state index contributed by atoms with van der Waals surface area (Å²) in [6, 6.07) is 5.82. The molecule has 1 aromatic carbocycles. The molecule has 2 aromatic rings. The van der Waals surface area contributed by atoms with Crippen LogP contribution in [0.4, 0.5) is 0 Å². The van der Waals surface area contributed by atoms with Crippen molar-refractivity contribution >= 4 is 17.5 Å². The second-order valence-electron chi connectivity index (χ2n) is 3.91. The highest BCUT2D eigenvalue weighted by Crippen LogP contribution is 2.18. The van der Waals surface area contributed by atoms with Crippen LogP contribution in [0, 0.1) is 0 Å². The van der Waals surface area contributed by atoms with E-state index < -0.39 is 17.2 Å². The lowest BCUT2D eigenvalue weighted by molar-refractivity contribution is 0.100. The molecule has 0 aliphatic rings. The number of benzene rings is 1. The molecule has 0 fully saturated rings. The van der Waals surface area contributed by atoms with Crippen LogP contribution >= 0.6 is 11.6 Å². The van der Waals surface area contributed by atoms with Crippen molar-refractivity contribution in [3.8, 4) is 0 Å². The van der Waals surface area contributed by atoms with Gasteiger partial charge in [0.25, 0.3) is 5.56 Å². The summed E-state index contributed by atoms with van der Waals surface area (Å²) in [5.41, 5.74) is 5.08. The van der Waals surface area contributed by atoms with Crippen molar-refractivity contribution in [2.75, 3.05) is 0 Å². The number of H-pyrrole nitrogens is 1. The Bertz CT molecular complexity index is 748. The molecule has 7 heteroatoms. The van der Waals surface area contributed by atoms with E-state index >= 15 is 0 Å². The van der Waals surface area contributed by atoms with Crippen LogP contribution in [0.25, 0.3) is 0 Å². The zero-order chi connectivity index (χ0) is 14.0. The molecule has 2 rings (SSSR count). The van der Waals surface area contributed by atoms with E-state index in [1.165, 1.54) is 29.0 Å². The number of primary amides is 1. The van der Waals surface area contributed by atoms with Crippen molar-refractivity contribution in [1.29, 1.82) is 0 Å². The zero-order valence-electron chi connectivity index (χ0n) is 9.72.